The van der Waals surface area contributed by atoms with Gasteiger partial charge in [0.25, 0.3) is 10.1 Å². The zero-order valence-corrected chi connectivity index (χ0v) is 13.4. The van der Waals surface area contributed by atoms with Crippen molar-refractivity contribution in [2.45, 2.75) is 29.6 Å². The number of carbonyl (C=O) groups is 2. The lowest BCUT2D eigenvalue weighted by atomic mass is 9.91. The second kappa shape index (κ2) is 5.41. The molecular weight excluding hydrogens is 352 g/mol. The fraction of sp³-hybridized carbons (Fsp3) is 0.417. The van der Waals surface area contributed by atoms with Crippen molar-refractivity contribution >= 4 is 51.1 Å². The van der Waals surface area contributed by atoms with Crippen LogP contribution in [0.2, 0.25) is 0 Å². The minimum absolute atomic E-state index is 0.267. The van der Waals surface area contributed by atoms with E-state index in [0.29, 0.717) is 12.0 Å². The van der Waals surface area contributed by atoms with Crippen LogP contribution in [0.3, 0.4) is 0 Å². The Bertz CT molecular complexity index is 772. The standard InChI is InChI=1S/C12H11ClN2O5S2/c13-7-5-14-12(17)15(11(7)22(18,19)20)8-1-2-9-6(10(8)16)3-4-21-9/h3-5,7-8,11H,1-2H2,(H,18,19,20). The zero-order valence-electron chi connectivity index (χ0n) is 11.0. The molecule has 1 aliphatic carbocycles. The third-order valence-electron chi connectivity index (χ3n) is 3.69. The molecule has 3 unspecified atom stereocenters. The minimum Gasteiger partial charge on any atom is -0.292 e. The topological polar surface area (TPSA) is 104 Å². The molecule has 0 spiro atoms. The van der Waals surface area contributed by atoms with Gasteiger partial charge in [0, 0.05) is 16.7 Å². The van der Waals surface area contributed by atoms with Crippen LogP contribution in [0.1, 0.15) is 21.7 Å². The molecule has 22 heavy (non-hydrogen) atoms. The number of urea groups is 1. The number of alkyl halides is 1. The summed E-state index contributed by atoms with van der Waals surface area (Å²) in [6.07, 6.45) is 1.77. The Balaban J connectivity index is 2.04. The van der Waals surface area contributed by atoms with Crippen LogP contribution in [-0.2, 0) is 16.5 Å². The molecule has 3 atom stereocenters. The molecule has 7 nitrogen and oxygen atoms in total. The summed E-state index contributed by atoms with van der Waals surface area (Å²) in [6.45, 7) is 0. The second-order valence-electron chi connectivity index (χ2n) is 4.99. The molecule has 0 saturated heterocycles. The molecular formula is C12H11ClN2O5S2. The SMILES string of the molecule is O=C1c2ccsc2CCC1N1C(=O)N=CC(Cl)C1S(=O)(=O)O. The molecule has 2 aliphatic rings. The highest BCUT2D eigenvalue weighted by molar-refractivity contribution is 7.86. The average Bonchev–Trinajstić information content (AvgIpc) is 2.90. The molecule has 2 heterocycles. The van der Waals surface area contributed by atoms with Crippen LogP contribution >= 0.6 is 22.9 Å². The summed E-state index contributed by atoms with van der Waals surface area (Å²) in [6, 6.07) is -0.246. The highest BCUT2D eigenvalue weighted by Gasteiger charge is 2.48. The van der Waals surface area contributed by atoms with E-state index in [9.17, 15) is 22.6 Å². The first-order valence-electron chi connectivity index (χ1n) is 6.38. The summed E-state index contributed by atoms with van der Waals surface area (Å²) in [5, 5.41) is -1.16. The predicted octanol–water partition coefficient (Wildman–Crippen LogP) is 1.57. The van der Waals surface area contributed by atoms with Gasteiger partial charge in [-0.25, -0.2) is 9.79 Å². The van der Waals surface area contributed by atoms with Crippen LogP contribution in [0.4, 0.5) is 4.79 Å². The third kappa shape index (κ3) is 2.47. The highest BCUT2D eigenvalue weighted by atomic mass is 35.5. The van der Waals surface area contributed by atoms with Crippen molar-refractivity contribution in [1.29, 1.82) is 0 Å². The molecule has 1 aliphatic heterocycles. The van der Waals surface area contributed by atoms with Crippen LogP contribution in [0.5, 0.6) is 0 Å². The van der Waals surface area contributed by atoms with Gasteiger partial charge < -0.3 is 0 Å². The molecule has 0 aromatic carbocycles. The number of carbonyl (C=O) groups excluding carboxylic acids is 2. The molecule has 2 amide bonds. The van der Waals surface area contributed by atoms with E-state index in [4.69, 9.17) is 11.6 Å². The minimum atomic E-state index is -4.66. The Morgan fingerprint density at radius 3 is 2.82 bits per heavy atom. The Labute approximate surface area is 135 Å². The Morgan fingerprint density at radius 2 is 2.14 bits per heavy atom. The number of hydrogen-bond acceptors (Lipinski definition) is 5. The van der Waals surface area contributed by atoms with Gasteiger partial charge in [0.1, 0.15) is 5.38 Å². The largest absolute Gasteiger partial charge is 0.345 e. The quantitative estimate of drug-likeness (QED) is 0.635. The highest BCUT2D eigenvalue weighted by Crippen LogP contribution is 2.32. The second-order valence-corrected chi connectivity index (χ2v) is 8.01. The summed E-state index contributed by atoms with van der Waals surface area (Å²) in [5.74, 6) is -0.356. The van der Waals surface area contributed by atoms with Gasteiger partial charge in [-0.3, -0.25) is 14.2 Å². The van der Waals surface area contributed by atoms with E-state index in [1.54, 1.807) is 11.4 Å². The predicted molar refractivity (Wildman–Crippen MR) is 81.5 cm³/mol. The summed E-state index contributed by atoms with van der Waals surface area (Å²) < 4.78 is 32.6. The van der Waals surface area contributed by atoms with Gasteiger partial charge >= 0.3 is 6.03 Å². The van der Waals surface area contributed by atoms with E-state index < -0.39 is 32.9 Å². The number of halogens is 1. The van der Waals surface area contributed by atoms with Crippen molar-refractivity contribution in [1.82, 2.24) is 4.90 Å². The van der Waals surface area contributed by atoms with Crippen LogP contribution in [0.15, 0.2) is 16.4 Å². The molecule has 10 heteroatoms. The number of aliphatic imine (C=N–C) groups is 1. The first-order valence-corrected chi connectivity index (χ1v) is 9.20. The first kappa shape index (κ1) is 15.6. The van der Waals surface area contributed by atoms with Gasteiger partial charge in [-0.05, 0) is 24.3 Å². The van der Waals surface area contributed by atoms with Gasteiger partial charge in [-0.15, -0.1) is 22.9 Å². The number of fused-ring (bicyclic) bond motifs is 1. The van der Waals surface area contributed by atoms with Crippen molar-refractivity contribution < 1.29 is 22.6 Å². The molecule has 3 rings (SSSR count). The maximum Gasteiger partial charge on any atom is 0.345 e. The lowest BCUT2D eigenvalue weighted by molar-refractivity contribution is 0.0814. The van der Waals surface area contributed by atoms with E-state index in [1.807, 2.05) is 0 Å². The van der Waals surface area contributed by atoms with E-state index in [0.717, 1.165) is 16.0 Å². The Hall–Kier alpha value is -1.29. The van der Waals surface area contributed by atoms with Crippen molar-refractivity contribution in [2.75, 3.05) is 0 Å². The van der Waals surface area contributed by atoms with Gasteiger partial charge in [0.2, 0.25) is 0 Å². The van der Waals surface area contributed by atoms with Crippen molar-refractivity contribution in [2.24, 2.45) is 4.99 Å². The van der Waals surface area contributed by atoms with E-state index in [-0.39, 0.29) is 12.2 Å². The van der Waals surface area contributed by atoms with Crippen molar-refractivity contribution in [3.8, 4) is 0 Å². The van der Waals surface area contributed by atoms with Crippen LogP contribution < -0.4 is 0 Å². The van der Waals surface area contributed by atoms with Crippen LogP contribution in [-0.4, -0.2) is 52.7 Å². The summed E-state index contributed by atoms with van der Waals surface area (Å²) >= 11 is 7.32. The number of ketones is 1. The van der Waals surface area contributed by atoms with Crippen LogP contribution in [0, 0.1) is 0 Å². The molecule has 1 aromatic heterocycles. The molecule has 0 fully saturated rings. The Kier molecular flexibility index (Phi) is 3.84. The monoisotopic (exact) mass is 362 g/mol. The molecule has 0 bridgehead atoms. The van der Waals surface area contributed by atoms with Crippen molar-refractivity contribution in [3.05, 3.63) is 21.9 Å². The maximum absolute atomic E-state index is 12.5. The number of aryl methyl sites for hydroxylation is 1. The normalized spacial score (nSPS) is 28.8. The summed E-state index contributed by atoms with van der Waals surface area (Å²) in [7, 11) is -4.66. The summed E-state index contributed by atoms with van der Waals surface area (Å²) in [4.78, 5) is 29.8. The number of hydrogen-bond donors (Lipinski definition) is 1. The zero-order chi connectivity index (χ0) is 16.1. The van der Waals surface area contributed by atoms with Gasteiger partial charge in [-0.1, -0.05) is 0 Å². The maximum atomic E-state index is 12.5. The third-order valence-corrected chi connectivity index (χ3v) is 6.31. The van der Waals surface area contributed by atoms with Crippen LogP contribution in [0.25, 0.3) is 0 Å². The smallest absolute Gasteiger partial charge is 0.292 e. The lowest BCUT2D eigenvalue weighted by Crippen LogP contribution is -2.59. The fourth-order valence-corrected chi connectivity index (χ4v) is 5.14. The van der Waals surface area contributed by atoms with Gasteiger partial charge in [0.05, 0.1) is 6.04 Å². The molecule has 1 N–H and O–H groups in total. The van der Waals surface area contributed by atoms with E-state index >= 15 is 0 Å². The van der Waals surface area contributed by atoms with Gasteiger partial charge in [0.15, 0.2) is 11.2 Å². The first-order chi connectivity index (χ1) is 10.3. The molecule has 118 valence electrons. The lowest BCUT2D eigenvalue weighted by Gasteiger charge is -2.38. The number of rotatable bonds is 2. The average molecular weight is 363 g/mol. The number of Topliss-reactive ketones (excluding diaryl/α,β-unsaturated/α-hetero) is 1. The molecule has 0 saturated carbocycles. The Morgan fingerprint density at radius 1 is 1.41 bits per heavy atom. The molecule has 1 aromatic rings. The number of thiophene rings is 1. The van der Waals surface area contributed by atoms with Gasteiger partial charge in [-0.2, -0.15) is 8.42 Å². The number of amides is 2. The number of nitrogens with zero attached hydrogens (tertiary/aromatic N) is 2. The van der Waals surface area contributed by atoms with E-state index in [2.05, 4.69) is 4.99 Å². The summed E-state index contributed by atoms with van der Waals surface area (Å²) in [5.41, 5.74) is 0.476. The molecule has 0 radical (unpaired) electrons. The fourth-order valence-electron chi connectivity index (χ4n) is 2.75. The van der Waals surface area contributed by atoms with Crippen molar-refractivity contribution in [3.63, 3.8) is 0 Å². The van der Waals surface area contributed by atoms with E-state index in [1.165, 1.54) is 11.3 Å².